The highest BCUT2D eigenvalue weighted by atomic mass is 32.1. The Hall–Kier alpha value is -2.18. The van der Waals surface area contributed by atoms with Crippen LogP contribution in [-0.4, -0.2) is 55.0 Å². The Morgan fingerprint density at radius 1 is 1.19 bits per heavy atom. The molecule has 0 spiro atoms. The minimum absolute atomic E-state index is 0.000345. The fourth-order valence-corrected chi connectivity index (χ4v) is 5.04. The van der Waals surface area contributed by atoms with E-state index in [-0.39, 0.29) is 36.4 Å². The summed E-state index contributed by atoms with van der Waals surface area (Å²) in [6.07, 6.45) is 1.66. The summed E-state index contributed by atoms with van der Waals surface area (Å²) in [7, 11) is 1.50. The third kappa shape index (κ3) is 5.36. The molecule has 168 valence electrons. The average Bonchev–Trinajstić information content (AvgIpc) is 3.21. The van der Waals surface area contributed by atoms with Gasteiger partial charge in [-0.15, -0.1) is 11.3 Å². The summed E-state index contributed by atoms with van der Waals surface area (Å²) in [5, 5.41) is 2.11. The first-order chi connectivity index (χ1) is 14.8. The predicted octanol–water partition coefficient (Wildman–Crippen LogP) is 4.40. The SMILES string of the molecule is CCCN(CC(=O)N1CCc2sccc2C1c1ccc(C(C)(C)C)cc1)C(=O)COC. The molecule has 0 N–H and O–H groups in total. The van der Waals surface area contributed by atoms with Gasteiger partial charge in [0.15, 0.2) is 0 Å². The van der Waals surface area contributed by atoms with Crippen LogP contribution >= 0.6 is 11.3 Å². The topological polar surface area (TPSA) is 49.9 Å². The van der Waals surface area contributed by atoms with Crippen LogP contribution in [-0.2, 0) is 26.2 Å². The minimum atomic E-state index is -0.142. The van der Waals surface area contributed by atoms with Crippen molar-refractivity contribution in [1.29, 1.82) is 0 Å². The Morgan fingerprint density at radius 2 is 1.90 bits per heavy atom. The summed E-state index contributed by atoms with van der Waals surface area (Å²) in [5.74, 6) is -0.156. The first kappa shape index (κ1) is 23.5. The van der Waals surface area contributed by atoms with Crippen molar-refractivity contribution in [2.45, 2.75) is 52.0 Å². The second-order valence-corrected chi connectivity index (χ2v) is 10.2. The summed E-state index contributed by atoms with van der Waals surface area (Å²) >= 11 is 1.76. The second-order valence-electron chi connectivity index (χ2n) is 9.16. The maximum absolute atomic E-state index is 13.4. The lowest BCUT2D eigenvalue weighted by atomic mass is 9.85. The van der Waals surface area contributed by atoms with Crippen molar-refractivity contribution < 1.29 is 14.3 Å². The molecule has 0 aliphatic carbocycles. The number of hydrogen-bond donors (Lipinski definition) is 0. The smallest absolute Gasteiger partial charge is 0.249 e. The highest BCUT2D eigenvalue weighted by Crippen LogP contribution is 2.38. The quantitative estimate of drug-likeness (QED) is 0.638. The molecular formula is C25H34N2O3S. The molecule has 1 aliphatic heterocycles. The molecule has 0 saturated carbocycles. The summed E-state index contributed by atoms with van der Waals surface area (Å²) in [6.45, 7) is 9.92. The molecule has 2 amide bonds. The standard InChI is InChI=1S/C25H34N2O3S/c1-6-13-26(23(29)17-30-5)16-22(28)27-14-11-21-20(12-15-31-21)24(27)18-7-9-19(10-8-18)25(2,3)4/h7-10,12,15,24H,6,11,13-14,16-17H2,1-5H3. The number of carbonyl (C=O) groups is 2. The van der Waals surface area contributed by atoms with Crippen molar-refractivity contribution in [3.63, 3.8) is 0 Å². The van der Waals surface area contributed by atoms with Crippen molar-refractivity contribution in [3.05, 3.63) is 57.3 Å². The first-order valence-corrected chi connectivity index (χ1v) is 11.9. The van der Waals surface area contributed by atoms with E-state index in [0.717, 1.165) is 18.4 Å². The molecule has 5 nitrogen and oxygen atoms in total. The van der Waals surface area contributed by atoms with Gasteiger partial charge in [0, 0.05) is 25.1 Å². The Morgan fingerprint density at radius 3 is 2.52 bits per heavy atom. The van der Waals surface area contributed by atoms with E-state index in [1.165, 1.54) is 23.1 Å². The third-order valence-corrected chi connectivity index (χ3v) is 6.82. The Bertz CT molecular complexity index is 898. The van der Waals surface area contributed by atoms with Gasteiger partial charge in [0.05, 0.1) is 12.6 Å². The van der Waals surface area contributed by atoms with Gasteiger partial charge in [-0.25, -0.2) is 0 Å². The summed E-state index contributed by atoms with van der Waals surface area (Å²) in [4.78, 5) is 30.8. The molecule has 31 heavy (non-hydrogen) atoms. The van der Waals surface area contributed by atoms with Crippen molar-refractivity contribution in [2.24, 2.45) is 0 Å². The fraction of sp³-hybridized carbons (Fsp3) is 0.520. The number of amides is 2. The van der Waals surface area contributed by atoms with Crippen LogP contribution in [0.4, 0.5) is 0 Å². The van der Waals surface area contributed by atoms with Crippen molar-refractivity contribution in [2.75, 3.05) is 33.4 Å². The maximum Gasteiger partial charge on any atom is 0.249 e. The Balaban J connectivity index is 1.89. The molecule has 0 bridgehead atoms. The van der Waals surface area contributed by atoms with Crippen molar-refractivity contribution in [3.8, 4) is 0 Å². The molecular weight excluding hydrogens is 408 g/mol. The van der Waals surface area contributed by atoms with E-state index < -0.39 is 0 Å². The molecule has 3 rings (SSSR count). The zero-order chi connectivity index (χ0) is 22.6. The van der Waals surface area contributed by atoms with E-state index in [9.17, 15) is 9.59 Å². The number of carbonyl (C=O) groups excluding carboxylic acids is 2. The minimum Gasteiger partial charge on any atom is -0.375 e. The van der Waals surface area contributed by atoms with Gasteiger partial charge in [-0.2, -0.15) is 0 Å². The third-order valence-electron chi connectivity index (χ3n) is 5.82. The Kier molecular flexibility index (Phi) is 7.55. The van der Waals surface area contributed by atoms with E-state index in [1.54, 1.807) is 16.2 Å². The molecule has 0 fully saturated rings. The lowest BCUT2D eigenvalue weighted by Gasteiger charge is -2.38. The first-order valence-electron chi connectivity index (χ1n) is 11.0. The van der Waals surface area contributed by atoms with Crippen molar-refractivity contribution >= 4 is 23.2 Å². The van der Waals surface area contributed by atoms with Gasteiger partial charge >= 0.3 is 0 Å². The molecule has 0 radical (unpaired) electrons. The van der Waals surface area contributed by atoms with Crippen LogP contribution in [0.25, 0.3) is 0 Å². The monoisotopic (exact) mass is 442 g/mol. The zero-order valence-corrected chi connectivity index (χ0v) is 20.1. The predicted molar refractivity (Wildman–Crippen MR) is 125 cm³/mol. The molecule has 2 aromatic rings. The van der Waals surface area contributed by atoms with E-state index in [1.807, 2.05) is 11.8 Å². The van der Waals surface area contributed by atoms with Crippen LogP contribution in [0, 0.1) is 0 Å². The molecule has 6 heteroatoms. The van der Waals surface area contributed by atoms with Gasteiger partial charge in [0.2, 0.25) is 11.8 Å². The van der Waals surface area contributed by atoms with Gasteiger partial charge in [0.1, 0.15) is 6.61 Å². The van der Waals surface area contributed by atoms with Gasteiger partial charge in [-0.1, -0.05) is 52.0 Å². The zero-order valence-electron chi connectivity index (χ0n) is 19.3. The summed E-state index contributed by atoms with van der Waals surface area (Å²) in [6, 6.07) is 10.7. The number of thiophene rings is 1. The molecule has 1 atom stereocenters. The molecule has 0 saturated heterocycles. The van der Waals surface area contributed by atoms with Gasteiger partial charge < -0.3 is 14.5 Å². The number of nitrogens with zero attached hydrogens (tertiary/aromatic N) is 2. The molecule has 2 heterocycles. The van der Waals surface area contributed by atoms with Gasteiger partial charge in [-0.05, 0) is 46.4 Å². The lowest BCUT2D eigenvalue weighted by molar-refractivity contribution is -0.143. The Labute approximate surface area is 190 Å². The van der Waals surface area contributed by atoms with E-state index >= 15 is 0 Å². The van der Waals surface area contributed by atoms with E-state index in [4.69, 9.17) is 4.74 Å². The molecule has 1 unspecified atom stereocenters. The summed E-state index contributed by atoms with van der Waals surface area (Å²) in [5.41, 5.74) is 3.68. The number of ether oxygens (including phenoxy) is 1. The second kappa shape index (κ2) is 9.96. The van der Waals surface area contributed by atoms with Gasteiger partial charge in [-0.3, -0.25) is 9.59 Å². The number of hydrogen-bond acceptors (Lipinski definition) is 4. The van der Waals surface area contributed by atoms with E-state index in [2.05, 4.69) is 56.5 Å². The molecule has 1 aliphatic rings. The maximum atomic E-state index is 13.4. The highest BCUT2D eigenvalue weighted by molar-refractivity contribution is 7.10. The largest absolute Gasteiger partial charge is 0.375 e. The fourth-order valence-electron chi connectivity index (χ4n) is 4.14. The van der Waals surface area contributed by atoms with Crippen LogP contribution in [0.2, 0.25) is 0 Å². The molecule has 1 aromatic heterocycles. The lowest BCUT2D eigenvalue weighted by Crippen LogP contribution is -2.47. The molecule has 1 aromatic carbocycles. The van der Waals surface area contributed by atoms with E-state index in [0.29, 0.717) is 13.1 Å². The number of benzene rings is 1. The number of fused-ring (bicyclic) bond motifs is 1. The van der Waals surface area contributed by atoms with Gasteiger partial charge in [0.25, 0.3) is 0 Å². The van der Waals surface area contributed by atoms with Crippen molar-refractivity contribution in [1.82, 2.24) is 9.80 Å². The average molecular weight is 443 g/mol. The van der Waals surface area contributed by atoms with Crippen LogP contribution in [0.15, 0.2) is 35.7 Å². The van der Waals surface area contributed by atoms with Crippen LogP contribution in [0.1, 0.15) is 61.7 Å². The van der Waals surface area contributed by atoms with Crippen LogP contribution < -0.4 is 0 Å². The highest BCUT2D eigenvalue weighted by Gasteiger charge is 2.34. The normalized spacial score (nSPS) is 16.2. The number of methoxy groups -OCH3 is 1. The number of rotatable bonds is 7. The van der Waals surface area contributed by atoms with Crippen LogP contribution in [0.3, 0.4) is 0 Å². The summed E-state index contributed by atoms with van der Waals surface area (Å²) < 4.78 is 5.01. The van der Waals surface area contributed by atoms with Crippen LogP contribution in [0.5, 0.6) is 0 Å².